The van der Waals surface area contributed by atoms with Gasteiger partial charge in [-0.2, -0.15) is 0 Å². The molecule has 0 saturated heterocycles. The van der Waals surface area contributed by atoms with E-state index < -0.39 is 5.97 Å². The second kappa shape index (κ2) is 7.31. The monoisotopic (exact) mass is 306 g/mol. The summed E-state index contributed by atoms with van der Waals surface area (Å²) in [7, 11) is 1.47. The van der Waals surface area contributed by atoms with Crippen molar-refractivity contribution in [2.75, 3.05) is 20.3 Å². The number of rotatable bonds is 7. The lowest BCUT2D eigenvalue weighted by Crippen LogP contribution is -2.10. The van der Waals surface area contributed by atoms with E-state index >= 15 is 0 Å². The van der Waals surface area contributed by atoms with Gasteiger partial charge in [0, 0.05) is 0 Å². The summed E-state index contributed by atoms with van der Waals surface area (Å²) >= 11 is 0. The SMILES string of the molecule is COc1ccc(C(=O)O)cc1OCCOc1ccc(F)cc1. The minimum Gasteiger partial charge on any atom is -0.493 e. The highest BCUT2D eigenvalue weighted by Gasteiger charge is 2.10. The molecule has 0 radical (unpaired) electrons. The smallest absolute Gasteiger partial charge is 0.335 e. The van der Waals surface area contributed by atoms with Crippen molar-refractivity contribution in [3.05, 3.63) is 53.8 Å². The van der Waals surface area contributed by atoms with Crippen molar-refractivity contribution in [2.24, 2.45) is 0 Å². The predicted molar refractivity (Wildman–Crippen MR) is 77.3 cm³/mol. The van der Waals surface area contributed by atoms with E-state index in [9.17, 15) is 9.18 Å². The maximum absolute atomic E-state index is 12.7. The number of benzene rings is 2. The molecule has 6 heteroatoms. The minimum absolute atomic E-state index is 0.107. The molecule has 0 aliphatic rings. The number of methoxy groups -OCH3 is 1. The lowest BCUT2D eigenvalue weighted by molar-refractivity contribution is 0.0696. The van der Waals surface area contributed by atoms with Gasteiger partial charge < -0.3 is 19.3 Å². The average Bonchev–Trinajstić information content (AvgIpc) is 2.53. The normalized spacial score (nSPS) is 10.1. The fourth-order valence-electron chi connectivity index (χ4n) is 1.76. The molecule has 1 N–H and O–H groups in total. The van der Waals surface area contributed by atoms with Gasteiger partial charge in [0.05, 0.1) is 12.7 Å². The van der Waals surface area contributed by atoms with Gasteiger partial charge in [0.1, 0.15) is 24.8 Å². The molecule has 2 aromatic rings. The highest BCUT2D eigenvalue weighted by atomic mass is 19.1. The van der Waals surface area contributed by atoms with Crippen LogP contribution in [0, 0.1) is 5.82 Å². The van der Waals surface area contributed by atoms with Crippen LogP contribution in [0.15, 0.2) is 42.5 Å². The predicted octanol–water partition coefficient (Wildman–Crippen LogP) is 2.99. The van der Waals surface area contributed by atoms with Crippen LogP contribution in [0.1, 0.15) is 10.4 Å². The Bertz CT molecular complexity index is 639. The quantitative estimate of drug-likeness (QED) is 0.797. The number of hydrogen-bond donors (Lipinski definition) is 1. The van der Waals surface area contributed by atoms with Crippen molar-refractivity contribution in [1.82, 2.24) is 0 Å². The molecular formula is C16H15FO5. The Kier molecular flexibility index (Phi) is 5.19. The van der Waals surface area contributed by atoms with E-state index in [4.69, 9.17) is 19.3 Å². The Morgan fingerprint density at radius 2 is 1.73 bits per heavy atom. The van der Waals surface area contributed by atoms with Gasteiger partial charge in [-0.1, -0.05) is 0 Å². The first-order valence-electron chi connectivity index (χ1n) is 6.52. The lowest BCUT2D eigenvalue weighted by Gasteiger charge is -2.12. The summed E-state index contributed by atoms with van der Waals surface area (Å²) in [5, 5.41) is 8.96. The zero-order valence-electron chi connectivity index (χ0n) is 11.9. The molecule has 2 aromatic carbocycles. The van der Waals surface area contributed by atoms with Crippen LogP contribution in [0.25, 0.3) is 0 Å². The van der Waals surface area contributed by atoms with Gasteiger partial charge in [0.15, 0.2) is 11.5 Å². The molecule has 22 heavy (non-hydrogen) atoms. The maximum Gasteiger partial charge on any atom is 0.335 e. The van der Waals surface area contributed by atoms with Crippen LogP contribution in [-0.2, 0) is 0 Å². The van der Waals surface area contributed by atoms with Crippen LogP contribution in [0.5, 0.6) is 17.2 Å². The van der Waals surface area contributed by atoms with Crippen LogP contribution in [0.2, 0.25) is 0 Å². The summed E-state index contributed by atoms with van der Waals surface area (Å²) in [4.78, 5) is 10.9. The number of halogens is 1. The molecule has 0 aliphatic carbocycles. The van der Waals surface area contributed by atoms with Gasteiger partial charge in [0.25, 0.3) is 0 Å². The summed E-state index contributed by atoms with van der Waals surface area (Å²) in [5.41, 5.74) is 0.107. The lowest BCUT2D eigenvalue weighted by atomic mass is 10.2. The third-order valence-electron chi connectivity index (χ3n) is 2.83. The third kappa shape index (κ3) is 4.12. The van der Waals surface area contributed by atoms with Crippen LogP contribution in [-0.4, -0.2) is 31.4 Å². The van der Waals surface area contributed by atoms with Crippen molar-refractivity contribution in [3.63, 3.8) is 0 Å². The van der Waals surface area contributed by atoms with Gasteiger partial charge in [0.2, 0.25) is 0 Å². The van der Waals surface area contributed by atoms with E-state index in [-0.39, 0.29) is 24.6 Å². The molecule has 0 amide bonds. The second-order valence-corrected chi connectivity index (χ2v) is 4.32. The molecule has 2 rings (SSSR count). The number of carboxylic acids is 1. The summed E-state index contributed by atoms with van der Waals surface area (Å²) in [5.74, 6) is -0.0953. The highest BCUT2D eigenvalue weighted by molar-refractivity contribution is 5.88. The molecular weight excluding hydrogens is 291 g/mol. The van der Waals surface area contributed by atoms with Gasteiger partial charge in [-0.15, -0.1) is 0 Å². The van der Waals surface area contributed by atoms with Gasteiger partial charge in [-0.3, -0.25) is 0 Å². The Labute approximate surface area is 126 Å². The third-order valence-corrected chi connectivity index (χ3v) is 2.83. The van der Waals surface area contributed by atoms with E-state index in [0.29, 0.717) is 17.2 Å². The molecule has 0 atom stereocenters. The molecule has 116 valence electrons. The topological polar surface area (TPSA) is 65.0 Å². The summed E-state index contributed by atoms with van der Waals surface area (Å²) < 4.78 is 28.7. The van der Waals surface area contributed by atoms with E-state index in [1.807, 2.05) is 0 Å². The van der Waals surface area contributed by atoms with Crippen LogP contribution in [0.4, 0.5) is 4.39 Å². The largest absolute Gasteiger partial charge is 0.493 e. The van der Waals surface area contributed by atoms with E-state index in [2.05, 4.69) is 0 Å². The van der Waals surface area contributed by atoms with Crippen molar-refractivity contribution in [2.45, 2.75) is 0 Å². The van der Waals surface area contributed by atoms with Crippen LogP contribution >= 0.6 is 0 Å². The molecule has 0 aliphatic heterocycles. The molecule has 0 fully saturated rings. The number of hydrogen-bond acceptors (Lipinski definition) is 4. The minimum atomic E-state index is -1.05. The Balaban J connectivity index is 1.91. The average molecular weight is 306 g/mol. The molecule has 0 aromatic heterocycles. The standard InChI is InChI=1S/C16H15FO5/c1-20-14-7-2-11(16(18)19)10-15(14)22-9-8-21-13-5-3-12(17)4-6-13/h2-7,10H,8-9H2,1H3,(H,18,19). The highest BCUT2D eigenvalue weighted by Crippen LogP contribution is 2.28. The first kappa shape index (κ1) is 15.6. The van der Waals surface area contributed by atoms with Crippen LogP contribution in [0.3, 0.4) is 0 Å². The number of carbonyl (C=O) groups is 1. The van der Waals surface area contributed by atoms with E-state index in [0.717, 1.165) is 0 Å². The van der Waals surface area contributed by atoms with E-state index in [1.54, 1.807) is 0 Å². The van der Waals surface area contributed by atoms with E-state index in [1.165, 1.54) is 49.6 Å². The zero-order chi connectivity index (χ0) is 15.9. The summed E-state index contributed by atoms with van der Waals surface area (Å²) in [6.07, 6.45) is 0. The number of ether oxygens (including phenoxy) is 3. The van der Waals surface area contributed by atoms with Gasteiger partial charge >= 0.3 is 5.97 Å². The van der Waals surface area contributed by atoms with Crippen molar-refractivity contribution in [1.29, 1.82) is 0 Å². The number of aromatic carboxylic acids is 1. The van der Waals surface area contributed by atoms with Crippen molar-refractivity contribution < 1.29 is 28.5 Å². The van der Waals surface area contributed by atoms with Crippen LogP contribution < -0.4 is 14.2 Å². The maximum atomic E-state index is 12.7. The molecule has 5 nitrogen and oxygen atoms in total. The molecule has 0 heterocycles. The van der Waals surface area contributed by atoms with Gasteiger partial charge in [-0.05, 0) is 42.5 Å². The fourth-order valence-corrected chi connectivity index (χ4v) is 1.76. The molecule has 0 unspecified atom stereocenters. The second-order valence-electron chi connectivity index (χ2n) is 4.32. The Morgan fingerprint density at radius 1 is 1.05 bits per heavy atom. The Morgan fingerprint density at radius 3 is 2.36 bits per heavy atom. The first-order valence-corrected chi connectivity index (χ1v) is 6.52. The summed E-state index contributed by atoms with van der Waals surface area (Å²) in [6, 6.07) is 9.98. The number of carboxylic acid groups (broad SMARTS) is 1. The fraction of sp³-hybridized carbons (Fsp3) is 0.188. The van der Waals surface area contributed by atoms with Gasteiger partial charge in [-0.25, -0.2) is 9.18 Å². The molecule has 0 spiro atoms. The first-order chi connectivity index (χ1) is 10.6. The zero-order valence-corrected chi connectivity index (χ0v) is 11.9. The molecule has 0 bridgehead atoms. The Hall–Kier alpha value is -2.76. The summed E-state index contributed by atoms with van der Waals surface area (Å²) in [6.45, 7) is 0.420. The molecule has 0 saturated carbocycles. The van der Waals surface area contributed by atoms with Crippen molar-refractivity contribution in [3.8, 4) is 17.2 Å². The van der Waals surface area contributed by atoms with Crippen molar-refractivity contribution >= 4 is 5.97 Å².